The molecule has 1 fully saturated rings. The molecule has 144 valence electrons. The number of amides is 1. The Morgan fingerprint density at radius 2 is 1.74 bits per heavy atom. The molecule has 5 nitrogen and oxygen atoms in total. The summed E-state index contributed by atoms with van der Waals surface area (Å²) in [4.78, 5) is 13.0. The summed E-state index contributed by atoms with van der Waals surface area (Å²) in [6.07, 6.45) is 1.32. The molecule has 0 radical (unpaired) electrons. The number of piperidine rings is 1. The summed E-state index contributed by atoms with van der Waals surface area (Å²) in [5.41, 5.74) is 2.79. The van der Waals surface area contributed by atoms with Gasteiger partial charge in [0, 0.05) is 23.8 Å². The smallest absolute Gasteiger partial charge is 0.243 e. The monoisotopic (exact) mass is 406 g/mol. The number of para-hydroxylation sites is 1. The van der Waals surface area contributed by atoms with Crippen LogP contribution in [0.2, 0.25) is 5.02 Å². The Hall–Kier alpha value is -1.89. The van der Waals surface area contributed by atoms with Crippen molar-refractivity contribution in [2.75, 3.05) is 18.4 Å². The highest BCUT2D eigenvalue weighted by molar-refractivity contribution is 7.89. The Kier molecular flexibility index (Phi) is 5.89. The number of hydrogen-bond donors (Lipinski definition) is 1. The van der Waals surface area contributed by atoms with Crippen LogP contribution in [0, 0.1) is 19.8 Å². The molecule has 0 aliphatic carbocycles. The maximum atomic E-state index is 12.9. The van der Waals surface area contributed by atoms with Crippen molar-refractivity contribution >= 4 is 33.2 Å². The van der Waals surface area contributed by atoms with Gasteiger partial charge >= 0.3 is 0 Å². The highest BCUT2D eigenvalue weighted by Gasteiger charge is 2.33. The van der Waals surface area contributed by atoms with Crippen LogP contribution in [0.4, 0.5) is 5.69 Å². The van der Waals surface area contributed by atoms with Crippen LogP contribution in [0.25, 0.3) is 0 Å². The predicted molar refractivity (Wildman–Crippen MR) is 107 cm³/mol. The Morgan fingerprint density at radius 1 is 1.11 bits per heavy atom. The molecule has 1 aliphatic rings. The normalized spacial score (nSPS) is 18.3. The molecule has 1 amide bonds. The van der Waals surface area contributed by atoms with Crippen molar-refractivity contribution in [1.29, 1.82) is 0 Å². The molecule has 2 aromatic rings. The molecule has 2 aromatic carbocycles. The highest BCUT2D eigenvalue weighted by Crippen LogP contribution is 2.27. The van der Waals surface area contributed by atoms with Gasteiger partial charge in [-0.05, 0) is 62.1 Å². The number of nitrogens with one attached hydrogen (secondary N) is 1. The van der Waals surface area contributed by atoms with Gasteiger partial charge in [0.1, 0.15) is 0 Å². The van der Waals surface area contributed by atoms with E-state index in [4.69, 9.17) is 11.6 Å². The lowest BCUT2D eigenvalue weighted by Gasteiger charge is -2.31. The molecule has 1 atom stereocenters. The molecule has 7 heteroatoms. The van der Waals surface area contributed by atoms with E-state index in [1.807, 2.05) is 32.0 Å². The summed E-state index contributed by atoms with van der Waals surface area (Å²) in [5.74, 6) is -0.511. The molecule has 1 saturated heterocycles. The molecule has 27 heavy (non-hydrogen) atoms. The van der Waals surface area contributed by atoms with E-state index in [9.17, 15) is 13.2 Å². The van der Waals surface area contributed by atoms with Crippen LogP contribution in [0.5, 0.6) is 0 Å². The Morgan fingerprint density at radius 3 is 2.37 bits per heavy atom. The van der Waals surface area contributed by atoms with E-state index in [-0.39, 0.29) is 23.3 Å². The van der Waals surface area contributed by atoms with Gasteiger partial charge in [0.25, 0.3) is 0 Å². The van der Waals surface area contributed by atoms with E-state index in [0.29, 0.717) is 24.4 Å². The summed E-state index contributed by atoms with van der Waals surface area (Å²) < 4.78 is 27.2. The number of sulfonamides is 1. The molecular formula is C20H23ClN2O3S. The SMILES string of the molecule is Cc1cccc(C)c1NC(=O)[C@@H]1CCCN(S(=O)(=O)c2ccc(Cl)cc2)C1. The minimum absolute atomic E-state index is 0.136. The predicted octanol–water partition coefficient (Wildman–Crippen LogP) is 4.00. The lowest BCUT2D eigenvalue weighted by atomic mass is 9.98. The number of benzene rings is 2. The molecule has 1 aliphatic heterocycles. The summed E-state index contributed by atoms with van der Waals surface area (Å²) in [6, 6.07) is 12.0. The molecule has 3 rings (SSSR count). The van der Waals surface area contributed by atoms with Crippen molar-refractivity contribution in [1.82, 2.24) is 4.31 Å². The van der Waals surface area contributed by atoms with E-state index in [1.54, 1.807) is 12.1 Å². The molecular weight excluding hydrogens is 384 g/mol. The first-order chi connectivity index (χ1) is 12.8. The molecule has 1 heterocycles. The maximum Gasteiger partial charge on any atom is 0.243 e. The van der Waals surface area contributed by atoms with Crippen LogP contribution < -0.4 is 5.32 Å². The lowest BCUT2D eigenvalue weighted by Crippen LogP contribution is -2.43. The molecule has 0 saturated carbocycles. The fourth-order valence-electron chi connectivity index (χ4n) is 3.37. The topological polar surface area (TPSA) is 66.5 Å². The maximum absolute atomic E-state index is 12.9. The Bertz CT molecular complexity index is 922. The summed E-state index contributed by atoms with van der Waals surface area (Å²) >= 11 is 5.85. The number of rotatable bonds is 4. The number of anilines is 1. The van der Waals surface area contributed by atoms with Crippen LogP contribution in [-0.4, -0.2) is 31.7 Å². The minimum atomic E-state index is -3.64. The molecule has 0 bridgehead atoms. The van der Waals surface area contributed by atoms with Crippen molar-refractivity contribution in [3.63, 3.8) is 0 Å². The third-order valence-electron chi connectivity index (χ3n) is 4.94. The second-order valence-electron chi connectivity index (χ2n) is 6.91. The van der Waals surface area contributed by atoms with Crippen LogP contribution in [0.1, 0.15) is 24.0 Å². The summed E-state index contributed by atoms with van der Waals surface area (Å²) in [6.45, 7) is 4.49. The number of aryl methyl sites for hydroxylation is 2. The average molecular weight is 407 g/mol. The van der Waals surface area contributed by atoms with Gasteiger partial charge in [0.05, 0.1) is 10.8 Å². The van der Waals surface area contributed by atoms with Gasteiger partial charge in [-0.25, -0.2) is 8.42 Å². The molecule has 0 spiro atoms. The Labute approximate surface area is 165 Å². The first kappa shape index (κ1) is 19.9. The van der Waals surface area contributed by atoms with Crippen molar-refractivity contribution in [2.24, 2.45) is 5.92 Å². The Balaban J connectivity index is 1.75. The van der Waals surface area contributed by atoms with Gasteiger partial charge in [-0.1, -0.05) is 29.8 Å². The van der Waals surface area contributed by atoms with Crippen LogP contribution in [-0.2, 0) is 14.8 Å². The second kappa shape index (κ2) is 8.00. The summed E-state index contributed by atoms with van der Waals surface area (Å²) in [5, 5.41) is 3.47. The number of carbonyl (C=O) groups excluding carboxylic acids is 1. The molecule has 0 unspecified atom stereocenters. The zero-order chi connectivity index (χ0) is 19.6. The van der Waals surface area contributed by atoms with Gasteiger partial charge in [-0.15, -0.1) is 0 Å². The van der Waals surface area contributed by atoms with Gasteiger partial charge in [-0.3, -0.25) is 4.79 Å². The zero-order valence-corrected chi connectivity index (χ0v) is 17.0. The van der Waals surface area contributed by atoms with Crippen LogP contribution in [0.15, 0.2) is 47.4 Å². The van der Waals surface area contributed by atoms with E-state index in [2.05, 4.69) is 5.32 Å². The first-order valence-corrected chi connectivity index (χ1v) is 10.7. The summed E-state index contributed by atoms with van der Waals surface area (Å²) in [7, 11) is -3.64. The molecule has 1 N–H and O–H groups in total. The number of halogens is 1. The fraction of sp³-hybridized carbons (Fsp3) is 0.350. The average Bonchev–Trinajstić information content (AvgIpc) is 2.65. The number of carbonyl (C=O) groups is 1. The van der Waals surface area contributed by atoms with Crippen molar-refractivity contribution in [3.05, 3.63) is 58.6 Å². The van der Waals surface area contributed by atoms with Gasteiger partial charge < -0.3 is 5.32 Å². The third kappa shape index (κ3) is 4.34. The van der Waals surface area contributed by atoms with E-state index in [1.165, 1.54) is 16.4 Å². The first-order valence-electron chi connectivity index (χ1n) is 8.92. The van der Waals surface area contributed by atoms with Crippen LogP contribution in [0.3, 0.4) is 0 Å². The number of hydrogen-bond acceptors (Lipinski definition) is 3. The zero-order valence-electron chi connectivity index (χ0n) is 15.4. The fourth-order valence-corrected chi connectivity index (χ4v) is 5.02. The minimum Gasteiger partial charge on any atom is -0.325 e. The van der Waals surface area contributed by atoms with Crippen molar-refractivity contribution in [2.45, 2.75) is 31.6 Å². The third-order valence-corrected chi connectivity index (χ3v) is 7.07. The van der Waals surface area contributed by atoms with Crippen LogP contribution >= 0.6 is 11.6 Å². The van der Waals surface area contributed by atoms with E-state index < -0.39 is 10.0 Å². The number of nitrogens with zero attached hydrogens (tertiary/aromatic N) is 1. The van der Waals surface area contributed by atoms with E-state index in [0.717, 1.165) is 16.8 Å². The van der Waals surface area contributed by atoms with Gasteiger partial charge in [0.15, 0.2) is 0 Å². The highest BCUT2D eigenvalue weighted by atomic mass is 35.5. The van der Waals surface area contributed by atoms with E-state index >= 15 is 0 Å². The quantitative estimate of drug-likeness (QED) is 0.834. The van der Waals surface area contributed by atoms with Crippen molar-refractivity contribution < 1.29 is 13.2 Å². The van der Waals surface area contributed by atoms with Crippen molar-refractivity contribution in [3.8, 4) is 0 Å². The van der Waals surface area contributed by atoms with Gasteiger partial charge in [-0.2, -0.15) is 4.31 Å². The standard InChI is InChI=1S/C20H23ClN2O3S/c1-14-5-3-6-15(2)19(14)22-20(24)16-7-4-12-23(13-16)27(25,26)18-10-8-17(21)9-11-18/h3,5-6,8-11,16H,4,7,12-13H2,1-2H3,(H,22,24)/t16-/m1/s1. The van der Waals surface area contributed by atoms with Gasteiger partial charge in [0.2, 0.25) is 15.9 Å². The molecule has 0 aromatic heterocycles. The second-order valence-corrected chi connectivity index (χ2v) is 9.29. The lowest BCUT2D eigenvalue weighted by molar-refractivity contribution is -0.120. The largest absolute Gasteiger partial charge is 0.325 e.